The Kier molecular flexibility index (Phi) is 4.38. The zero-order valence-corrected chi connectivity index (χ0v) is 10.3. The van der Waals surface area contributed by atoms with Crippen molar-refractivity contribution in [3.63, 3.8) is 0 Å². The molecular formula is C9H10Br2O2. The Bertz CT molecular complexity index is 269. The van der Waals surface area contributed by atoms with Gasteiger partial charge in [0.05, 0.1) is 6.61 Å². The molecule has 2 nitrogen and oxygen atoms in total. The van der Waals surface area contributed by atoms with Crippen molar-refractivity contribution < 1.29 is 9.84 Å². The second-order valence-electron chi connectivity index (χ2n) is 2.67. The van der Waals surface area contributed by atoms with E-state index in [0.29, 0.717) is 6.61 Å². The average Bonchev–Trinajstić information content (AvgIpc) is 2.03. The maximum absolute atomic E-state index is 9.60. The van der Waals surface area contributed by atoms with E-state index in [4.69, 9.17) is 4.74 Å². The molecule has 0 fully saturated rings. The van der Waals surface area contributed by atoms with Crippen molar-refractivity contribution in [1.82, 2.24) is 0 Å². The van der Waals surface area contributed by atoms with Crippen LogP contribution in [0, 0.1) is 0 Å². The van der Waals surface area contributed by atoms with Crippen molar-refractivity contribution in [2.75, 3.05) is 13.7 Å². The number of rotatable bonds is 3. The zero-order valence-electron chi connectivity index (χ0n) is 7.13. The third kappa shape index (κ3) is 3.38. The first-order chi connectivity index (χ1) is 6.13. The molecule has 72 valence electrons. The van der Waals surface area contributed by atoms with Gasteiger partial charge in [-0.25, -0.2) is 0 Å². The molecule has 1 aromatic carbocycles. The van der Waals surface area contributed by atoms with Gasteiger partial charge in [-0.2, -0.15) is 0 Å². The van der Waals surface area contributed by atoms with Crippen molar-refractivity contribution in [3.05, 3.63) is 32.7 Å². The first-order valence-corrected chi connectivity index (χ1v) is 5.35. The minimum atomic E-state index is -0.571. The van der Waals surface area contributed by atoms with Crippen LogP contribution in [-0.2, 0) is 4.74 Å². The van der Waals surface area contributed by atoms with Crippen LogP contribution in [0.3, 0.4) is 0 Å². The van der Waals surface area contributed by atoms with Crippen LogP contribution in [0.25, 0.3) is 0 Å². The molecule has 0 saturated heterocycles. The number of aliphatic hydroxyl groups excluding tert-OH is 1. The Labute approximate surface area is 94.2 Å². The fraction of sp³-hybridized carbons (Fsp3) is 0.333. The summed E-state index contributed by atoms with van der Waals surface area (Å²) in [5, 5.41) is 9.60. The fourth-order valence-electron chi connectivity index (χ4n) is 1.02. The molecule has 0 aliphatic heterocycles. The maximum Gasteiger partial charge on any atom is 0.102 e. The Morgan fingerprint density at radius 2 is 1.85 bits per heavy atom. The predicted molar refractivity (Wildman–Crippen MR) is 58.7 cm³/mol. The summed E-state index contributed by atoms with van der Waals surface area (Å²) in [6, 6.07) is 5.66. The Hall–Kier alpha value is 0.1000. The second kappa shape index (κ2) is 5.10. The van der Waals surface area contributed by atoms with Crippen molar-refractivity contribution in [3.8, 4) is 0 Å². The molecule has 1 rings (SSSR count). The summed E-state index contributed by atoms with van der Waals surface area (Å²) in [4.78, 5) is 0. The number of benzene rings is 1. The quantitative estimate of drug-likeness (QED) is 0.930. The molecule has 1 aromatic rings. The highest BCUT2D eigenvalue weighted by Crippen LogP contribution is 2.24. The molecule has 0 aliphatic carbocycles. The lowest BCUT2D eigenvalue weighted by Gasteiger charge is -2.10. The van der Waals surface area contributed by atoms with E-state index in [9.17, 15) is 5.11 Å². The molecule has 1 atom stereocenters. The third-order valence-corrected chi connectivity index (χ3v) is 2.51. The van der Waals surface area contributed by atoms with Crippen molar-refractivity contribution in [2.45, 2.75) is 6.10 Å². The Balaban J connectivity index is 2.87. The monoisotopic (exact) mass is 308 g/mol. The number of methoxy groups -OCH3 is 1. The number of hydrogen-bond donors (Lipinski definition) is 1. The molecule has 1 N–H and O–H groups in total. The van der Waals surface area contributed by atoms with Gasteiger partial charge in [0.15, 0.2) is 0 Å². The average molecular weight is 310 g/mol. The maximum atomic E-state index is 9.60. The van der Waals surface area contributed by atoms with Crippen LogP contribution in [0.4, 0.5) is 0 Å². The molecule has 0 heterocycles. The largest absolute Gasteiger partial charge is 0.386 e. The highest BCUT2D eigenvalue weighted by molar-refractivity contribution is 9.11. The van der Waals surface area contributed by atoms with Crippen LogP contribution in [0.5, 0.6) is 0 Å². The summed E-state index contributed by atoms with van der Waals surface area (Å²) in [6.07, 6.45) is -0.571. The minimum Gasteiger partial charge on any atom is -0.386 e. The lowest BCUT2D eigenvalue weighted by molar-refractivity contribution is 0.0643. The number of halogens is 2. The summed E-state index contributed by atoms with van der Waals surface area (Å²) in [5.41, 5.74) is 0.836. The zero-order chi connectivity index (χ0) is 9.84. The molecule has 0 aliphatic rings. The molecular weight excluding hydrogens is 300 g/mol. The molecule has 0 saturated carbocycles. The van der Waals surface area contributed by atoms with Gasteiger partial charge in [0, 0.05) is 16.1 Å². The van der Waals surface area contributed by atoms with E-state index in [-0.39, 0.29) is 0 Å². The first kappa shape index (κ1) is 11.2. The van der Waals surface area contributed by atoms with E-state index >= 15 is 0 Å². The molecule has 0 radical (unpaired) electrons. The summed E-state index contributed by atoms with van der Waals surface area (Å²) >= 11 is 6.70. The molecule has 1 unspecified atom stereocenters. The normalized spacial score (nSPS) is 12.9. The van der Waals surface area contributed by atoms with Gasteiger partial charge in [0.25, 0.3) is 0 Å². The second-order valence-corrected chi connectivity index (χ2v) is 4.51. The van der Waals surface area contributed by atoms with Crippen LogP contribution in [-0.4, -0.2) is 18.8 Å². The highest BCUT2D eigenvalue weighted by atomic mass is 79.9. The lowest BCUT2D eigenvalue weighted by atomic mass is 10.1. The van der Waals surface area contributed by atoms with Gasteiger partial charge in [0.2, 0.25) is 0 Å². The number of hydrogen-bond acceptors (Lipinski definition) is 2. The van der Waals surface area contributed by atoms with Gasteiger partial charge in [-0.05, 0) is 23.8 Å². The van der Waals surface area contributed by atoms with Gasteiger partial charge < -0.3 is 9.84 Å². The van der Waals surface area contributed by atoms with E-state index in [1.54, 1.807) is 7.11 Å². The Morgan fingerprint density at radius 1 is 1.31 bits per heavy atom. The van der Waals surface area contributed by atoms with E-state index < -0.39 is 6.10 Å². The first-order valence-electron chi connectivity index (χ1n) is 3.76. The molecule has 0 aromatic heterocycles. The van der Waals surface area contributed by atoms with Crippen LogP contribution in [0.1, 0.15) is 11.7 Å². The van der Waals surface area contributed by atoms with Gasteiger partial charge in [-0.1, -0.05) is 31.9 Å². The highest BCUT2D eigenvalue weighted by Gasteiger charge is 2.08. The SMILES string of the molecule is COCC(O)c1cc(Br)cc(Br)c1. The van der Waals surface area contributed by atoms with Crippen molar-refractivity contribution in [1.29, 1.82) is 0 Å². The third-order valence-electron chi connectivity index (χ3n) is 1.59. The van der Waals surface area contributed by atoms with Crippen LogP contribution in [0.2, 0.25) is 0 Å². The standard InChI is InChI=1S/C9H10Br2O2/c1-13-5-9(12)6-2-7(10)4-8(11)3-6/h2-4,9,12H,5H2,1H3. The van der Waals surface area contributed by atoms with Crippen LogP contribution in [0.15, 0.2) is 27.1 Å². The minimum absolute atomic E-state index is 0.308. The van der Waals surface area contributed by atoms with Gasteiger partial charge in [-0.3, -0.25) is 0 Å². The molecule has 0 bridgehead atoms. The molecule has 0 amide bonds. The van der Waals surface area contributed by atoms with Gasteiger partial charge in [-0.15, -0.1) is 0 Å². The summed E-state index contributed by atoms with van der Waals surface area (Å²) < 4.78 is 6.73. The van der Waals surface area contributed by atoms with Gasteiger partial charge in [0.1, 0.15) is 6.10 Å². The smallest absolute Gasteiger partial charge is 0.102 e. The summed E-state index contributed by atoms with van der Waals surface area (Å²) in [5.74, 6) is 0. The lowest BCUT2D eigenvalue weighted by Crippen LogP contribution is -2.04. The van der Waals surface area contributed by atoms with E-state index in [1.807, 2.05) is 18.2 Å². The predicted octanol–water partition coefficient (Wildman–Crippen LogP) is 2.89. The molecule has 0 spiro atoms. The van der Waals surface area contributed by atoms with Crippen molar-refractivity contribution >= 4 is 31.9 Å². The summed E-state index contributed by atoms with van der Waals surface area (Å²) in [6.45, 7) is 0.308. The van der Waals surface area contributed by atoms with E-state index in [2.05, 4.69) is 31.9 Å². The fourth-order valence-corrected chi connectivity index (χ4v) is 2.35. The van der Waals surface area contributed by atoms with Crippen molar-refractivity contribution in [2.24, 2.45) is 0 Å². The van der Waals surface area contributed by atoms with Crippen LogP contribution < -0.4 is 0 Å². The van der Waals surface area contributed by atoms with E-state index in [1.165, 1.54) is 0 Å². The Morgan fingerprint density at radius 3 is 2.31 bits per heavy atom. The van der Waals surface area contributed by atoms with Crippen LogP contribution >= 0.6 is 31.9 Å². The number of ether oxygens (including phenoxy) is 1. The molecule has 4 heteroatoms. The topological polar surface area (TPSA) is 29.5 Å². The van der Waals surface area contributed by atoms with E-state index in [0.717, 1.165) is 14.5 Å². The molecule has 13 heavy (non-hydrogen) atoms. The number of aliphatic hydroxyl groups is 1. The van der Waals surface area contributed by atoms with Gasteiger partial charge >= 0.3 is 0 Å². The summed E-state index contributed by atoms with van der Waals surface area (Å²) in [7, 11) is 1.57.